The summed E-state index contributed by atoms with van der Waals surface area (Å²) in [5, 5.41) is 15.4. The standard InChI is InChI=1S/C14H12F4N4O3/c1-7(13(24)25)21(2)12(23)10-11(14(16,17)18)22(20-19-10)9-5-3-4-8(15)6-9/h3-7H,1-2H3,(H,24,25). The van der Waals surface area contributed by atoms with Gasteiger partial charge in [-0.2, -0.15) is 13.2 Å². The van der Waals surface area contributed by atoms with E-state index >= 15 is 0 Å². The minimum atomic E-state index is -5.03. The molecule has 0 aliphatic heterocycles. The molecule has 1 unspecified atom stereocenters. The van der Waals surface area contributed by atoms with E-state index < -0.39 is 41.3 Å². The Bertz CT molecular complexity index is 819. The molecule has 2 rings (SSSR count). The first-order chi connectivity index (χ1) is 11.5. The van der Waals surface area contributed by atoms with Gasteiger partial charge < -0.3 is 10.0 Å². The minimum absolute atomic E-state index is 0.284. The number of nitrogens with zero attached hydrogens (tertiary/aromatic N) is 4. The molecule has 0 aliphatic rings. The number of amides is 1. The van der Waals surface area contributed by atoms with E-state index in [2.05, 4.69) is 10.3 Å². The van der Waals surface area contributed by atoms with Crippen molar-refractivity contribution < 1.29 is 32.3 Å². The summed E-state index contributed by atoms with van der Waals surface area (Å²) in [7, 11) is 1.03. The second kappa shape index (κ2) is 6.49. The molecule has 1 N–H and O–H groups in total. The molecule has 7 nitrogen and oxygen atoms in total. The van der Waals surface area contributed by atoms with Gasteiger partial charge in [-0.3, -0.25) is 4.79 Å². The van der Waals surface area contributed by atoms with E-state index in [1.807, 2.05) is 0 Å². The molecule has 0 bridgehead atoms. The lowest BCUT2D eigenvalue weighted by molar-refractivity contribution is -0.143. The largest absolute Gasteiger partial charge is 0.480 e. The fraction of sp³-hybridized carbons (Fsp3) is 0.286. The molecule has 0 spiro atoms. The molecule has 11 heteroatoms. The van der Waals surface area contributed by atoms with Crippen molar-refractivity contribution in [2.24, 2.45) is 0 Å². The van der Waals surface area contributed by atoms with Crippen molar-refractivity contribution in [1.82, 2.24) is 19.9 Å². The number of alkyl halides is 3. The average Bonchev–Trinajstić information content (AvgIpc) is 2.97. The lowest BCUT2D eigenvalue weighted by Gasteiger charge is -2.21. The molecule has 0 fully saturated rings. The SMILES string of the molecule is CC(C(=O)O)N(C)C(=O)c1nnn(-c2cccc(F)c2)c1C(F)(F)F. The third-order valence-electron chi connectivity index (χ3n) is 3.45. The summed E-state index contributed by atoms with van der Waals surface area (Å²) >= 11 is 0. The Kier molecular flexibility index (Phi) is 4.77. The Morgan fingerprint density at radius 1 is 1.32 bits per heavy atom. The molecule has 134 valence electrons. The number of likely N-dealkylation sites (N-methyl/N-ethyl adjacent to an activating group) is 1. The first-order valence-electron chi connectivity index (χ1n) is 6.83. The predicted molar refractivity (Wildman–Crippen MR) is 75.5 cm³/mol. The van der Waals surface area contributed by atoms with Crippen LogP contribution in [0.4, 0.5) is 17.6 Å². The highest BCUT2D eigenvalue weighted by atomic mass is 19.4. The number of halogens is 4. The first kappa shape index (κ1) is 18.4. The predicted octanol–water partition coefficient (Wildman–Crippen LogP) is 1.97. The molecule has 2 aromatic rings. The number of carboxylic acids is 1. The summed E-state index contributed by atoms with van der Waals surface area (Å²) in [6, 6.07) is 2.77. The zero-order valence-corrected chi connectivity index (χ0v) is 13.0. The molecule has 0 aliphatic carbocycles. The van der Waals surface area contributed by atoms with E-state index in [9.17, 15) is 27.2 Å². The monoisotopic (exact) mass is 360 g/mol. The van der Waals surface area contributed by atoms with Gasteiger partial charge in [0, 0.05) is 7.05 Å². The van der Waals surface area contributed by atoms with E-state index in [0.29, 0.717) is 4.90 Å². The van der Waals surface area contributed by atoms with Crippen molar-refractivity contribution in [3.05, 3.63) is 41.5 Å². The molecule has 0 saturated carbocycles. The van der Waals surface area contributed by atoms with E-state index in [-0.39, 0.29) is 10.4 Å². The number of hydrogen-bond donors (Lipinski definition) is 1. The lowest BCUT2D eigenvalue weighted by atomic mass is 10.2. The third kappa shape index (κ3) is 3.59. The van der Waals surface area contributed by atoms with Crippen molar-refractivity contribution in [1.29, 1.82) is 0 Å². The van der Waals surface area contributed by atoms with Gasteiger partial charge in [-0.1, -0.05) is 11.3 Å². The fourth-order valence-corrected chi connectivity index (χ4v) is 1.98. The number of carboxylic acid groups (broad SMARTS) is 1. The van der Waals surface area contributed by atoms with Crippen molar-refractivity contribution in [3.8, 4) is 5.69 Å². The van der Waals surface area contributed by atoms with Crippen LogP contribution in [0.15, 0.2) is 24.3 Å². The van der Waals surface area contributed by atoms with Crippen molar-refractivity contribution in [3.63, 3.8) is 0 Å². The van der Waals surface area contributed by atoms with Crippen molar-refractivity contribution in [2.45, 2.75) is 19.1 Å². The molecule has 1 aromatic heterocycles. The van der Waals surface area contributed by atoms with Gasteiger partial charge in [-0.15, -0.1) is 5.10 Å². The van der Waals surface area contributed by atoms with Crippen LogP contribution in [0.1, 0.15) is 23.1 Å². The maximum atomic E-state index is 13.4. The molecule has 1 atom stereocenters. The van der Waals surface area contributed by atoms with Gasteiger partial charge in [0.05, 0.1) is 5.69 Å². The van der Waals surface area contributed by atoms with E-state index in [1.165, 1.54) is 6.07 Å². The molecule has 1 heterocycles. The van der Waals surface area contributed by atoms with Crippen molar-refractivity contribution >= 4 is 11.9 Å². The molecular weight excluding hydrogens is 348 g/mol. The highest BCUT2D eigenvalue weighted by Crippen LogP contribution is 2.33. The number of hydrogen-bond acceptors (Lipinski definition) is 4. The highest BCUT2D eigenvalue weighted by Gasteiger charge is 2.43. The van der Waals surface area contributed by atoms with E-state index in [0.717, 1.165) is 32.2 Å². The number of rotatable bonds is 4. The van der Waals surface area contributed by atoms with Gasteiger partial charge >= 0.3 is 12.1 Å². The van der Waals surface area contributed by atoms with Gasteiger partial charge in [0.15, 0.2) is 11.4 Å². The van der Waals surface area contributed by atoms with Crippen LogP contribution in [-0.2, 0) is 11.0 Å². The molecule has 0 saturated heterocycles. The Hall–Kier alpha value is -2.98. The Balaban J connectivity index is 2.57. The van der Waals surface area contributed by atoms with Gasteiger partial charge in [0.25, 0.3) is 5.91 Å². The number of aromatic nitrogens is 3. The highest BCUT2D eigenvalue weighted by molar-refractivity contribution is 5.95. The molecule has 0 radical (unpaired) electrons. The second-order valence-electron chi connectivity index (χ2n) is 5.11. The van der Waals surface area contributed by atoms with Crippen LogP contribution in [0.5, 0.6) is 0 Å². The first-order valence-corrected chi connectivity index (χ1v) is 6.83. The number of carbonyl (C=O) groups excluding carboxylic acids is 1. The third-order valence-corrected chi connectivity index (χ3v) is 3.45. The maximum absolute atomic E-state index is 13.4. The number of benzene rings is 1. The maximum Gasteiger partial charge on any atom is 0.435 e. The molecule has 25 heavy (non-hydrogen) atoms. The van der Waals surface area contributed by atoms with E-state index in [4.69, 9.17) is 5.11 Å². The van der Waals surface area contributed by atoms with Crippen LogP contribution < -0.4 is 0 Å². The van der Waals surface area contributed by atoms with Crippen LogP contribution in [0.3, 0.4) is 0 Å². The van der Waals surface area contributed by atoms with Crippen LogP contribution in [-0.4, -0.2) is 50.0 Å². The van der Waals surface area contributed by atoms with Gasteiger partial charge in [0.1, 0.15) is 11.9 Å². The minimum Gasteiger partial charge on any atom is -0.480 e. The van der Waals surface area contributed by atoms with E-state index in [1.54, 1.807) is 0 Å². The lowest BCUT2D eigenvalue weighted by Crippen LogP contribution is -2.41. The zero-order chi connectivity index (χ0) is 18.9. The zero-order valence-electron chi connectivity index (χ0n) is 13.0. The fourth-order valence-electron chi connectivity index (χ4n) is 1.98. The summed E-state index contributed by atoms with van der Waals surface area (Å²) in [5.41, 5.74) is -2.88. The average molecular weight is 360 g/mol. The Morgan fingerprint density at radius 2 is 1.96 bits per heavy atom. The van der Waals surface area contributed by atoms with Gasteiger partial charge in [0.2, 0.25) is 0 Å². The normalized spacial score (nSPS) is 12.7. The quantitative estimate of drug-likeness (QED) is 0.843. The Morgan fingerprint density at radius 3 is 2.48 bits per heavy atom. The number of carbonyl (C=O) groups is 2. The molecular formula is C14H12F4N4O3. The van der Waals surface area contributed by atoms with Crippen LogP contribution >= 0.6 is 0 Å². The topological polar surface area (TPSA) is 88.3 Å². The van der Waals surface area contributed by atoms with Crippen LogP contribution in [0.2, 0.25) is 0 Å². The van der Waals surface area contributed by atoms with Gasteiger partial charge in [-0.25, -0.2) is 13.9 Å². The van der Waals surface area contributed by atoms with Crippen LogP contribution in [0.25, 0.3) is 5.69 Å². The Labute approximate surface area is 138 Å². The molecule has 1 amide bonds. The molecule has 1 aromatic carbocycles. The van der Waals surface area contributed by atoms with Crippen molar-refractivity contribution in [2.75, 3.05) is 7.05 Å². The summed E-state index contributed by atoms with van der Waals surface area (Å²) in [5.74, 6) is -3.47. The summed E-state index contributed by atoms with van der Waals surface area (Å²) in [6.07, 6.45) is -5.03. The second-order valence-corrected chi connectivity index (χ2v) is 5.11. The van der Waals surface area contributed by atoms with Crippen LogP contribution in [0, 0.1) is 5.82 Å². The summed E-state index contributed by atoms with van der Waals surface area (Å²) in [4.78, 5) is 23.8. The van der Waals surface area contributed by atoms with Gasteiger partial charge in [-0.05, 0) is 25.1 Å². The smallest absolute Gasteiger partial charge is 0.435 e. The summed E-state index contributed by atoms with van der Waals surface area (Å²) in [6.45, 7) is 1.13. The number of aliphatic carboxylic acids is 1. The summed E-state index contributed by atoms with van der Waals surface area (Å²) < 4.78 is 53.9.